The Labute approximate surface area is 101 Å². The molecule has 3 atom stereocenters. The van der Waals surface area contributed by atoms with Gasteiger partial charge in [0.1, 0.15) is 0 Å². The third-order valence-electron chi connectivity index (χ3n) is 3.47. The van der Waals surface area contributed by atoms with E-state index in [4.69, 9.17) is 21.1 Å². The van der Waals surface area contributed by atoms with Crippen LogP contribution in [0, 0.1) is 5.92 Å². The largest absolute Gasteiger partial charge is 0.353 e. The second kappa shape index (κ2) is 4.02. The van der Waals surface area contributed by atoms with Gasteiger partial charge >= 0.3 is 0 Å². The van der Waals surface area contributed by atoms with Gasteiger partial charge in [0.05, 0.1) is 6.10 Å². The molecule has 0 N–H and O–H groups in total. The van der Waals surface area contributed by atoms with Gasteiger partial charge in [-0.3, -0.25) is 0 Å². The number of halogens is 1. The fraction of sp³-hybridized carbons (Fsp3) is 0.538. The summed E-state index contributed by atoms with van der Waals surface area (Å²) in [5.74, 6) is 0.574. The fourth-order valence-electron chi connectivity index (χ4n) is 2.81. The Morgan fingerprint density at radius 3 is 3.19 bits per heavy atom. The summed E-state index contributed by atoms with van der Waals surface area (Å²) in [6.45, 7) is 2.72. The van der Waals surface area contributed by atoms with Crippen molar-refractivity contribution in [2.45, 2.75) is 32.2 Å². The normalized spacial score (nSPS) is 31.5. The van der Waals surface area contributed by atoms with Crippen molar-refractivity contribution in [2.24, 2.45) is 5.92 Å². The van der Waals surface area contributed by atoms with Crippen LogP contribution in [0.5, 0.6) is 0 Å². The number of ether oxygens (including phenoxy) is 2. The van der Waals surface area contributed by atoms with Crippen molar-refractivity contribution in [2.75, 3.05) is 6.61 Å². The van der Waals surface area contributed by atoms with Gasteiger partial charge in [-0.25, -0.2) is 0 Å². The van der Waals surface area contributed by atoms with Crippen LogP contribution in [0.2, 0.25) is 5.02 Å². The Balaban J connectivity index is 1.84. The lowest BCUT2D eigenvalue weighted by Crippen LogP contribution is -2.11. The first-order chi connectivity index (χ1) is 7.78. The van der Waals surface area contributed by atoms with Crippen LogP contribution >= 0.6 is 11.6 Å². The summed E-state index contributed by atoms with van der Waals surface area (Å²) in [5, 5.41) is 0.794. The summed E-state index contributed by atoms with van der Waals surface area (Å²) in [6, 6.07) is 6.12. The molecule has 2 aliphatic rings. The van der Waals surface area contributed by atoms with Crippen molar-refractivity contribution in [3.63, 3.8) is 0 Å². The molecule has 3 rings (SSSR count). The smallest absolute Gasteiger partial charge is 0.158 e. The molecular weight excluding hydrogens is 224 g/mol. The predicted molar refractivity (Wildman–Crippen MR) is 62.5 cm³/mol. The first-order valence-corrected chi connectivity index (χ1v) is 6.21. The number of rotatable bonds is 2. The van der Waals surface area contributed by atoms with Crippen LogP contribution in [0.1, 0.15) is 30.6 Å². The third-order valence-corrected chi connectivity index (χ3v) is 3.71. The molecule has 1 unspecified atom stereocenters. The van der Waals surface area contributed by atoms with Crippen LogP contribution < -0.4 is 0 Å². The molecule has 1 heterocycles. The molecular formula is C13H15ClO2. The topological polar surface area (TPSA) is 18.5 Å². The molecule has 0 saturated carbocycles. The lowest BCUT2D eigenvalue weighted by molar-refractivity contribution is -0.131. The Morgan fingerprint density at radius 2 is 2.38 bits per heavy atom. The van der Waals surface area contributed by atoms with Gasteiger partial charge in [-0.05, 0) is 42.5 Å². The Morgan fingerprint density at radius 1 is 1.50 bits per heavy atom. The van der Waals surface area contributed by atoms with Gasteiger partial charge in [-0.15, -0.1) is 0 Å². The van der Waals surface area contributed by atoms with Gasteiger partial charge in [0.15, 0.2) is 6.29 Å². The van der Waals surface area contributed by atoms with Gasteiger partial charge in [-0.1, -0.05) is 17.7 Å². The molecule has 0 amide bonds. The fourth-order valence-corrected chi connectivity index (χ4v) is 2.99. The van der Waals surface area contributed by atoms with E-state index in [1.165, 1.54) is 11.1 Å². The molecule has 1 saturated heterocycles. The van der Waals surface area contributed by atoms with Crippen LogP contribution in [0.3, 0.4) is 0 Å². The minimum absolute atomic E-state index is 0.0212. The number of hydrogen-bond donors (Lipinski definition) is 0. The molecule has 86 valence electrons. The SMILES string of the molecule is CCOC1C[C@H]2Cc3ccc(Cl)cc3[C@H]2O1. The molecule has 1 aliphatic carbocycles. The summed E-state index contributed by atoms with van der Waals surface area (Å²) in [7, 11) is 0. The van der Waals surface area contributed by atoms with Gasteiger partial charge < -0.3 is 9.47 Å². The first kappa shape index (κ1) is 10.6. The summed E-state index contributed by atoms with van der Waals surface area (Å²) in [6.07, 6.45) is 2.28. The first-order valence-electron chi connectivity index (χ1n) is 5.83. The highest BCUT2D eigenvalue weighted by molar-refractivity contribution is 6.30. The summed E-state index contributed by atoms with van der Waals surface area (Å²) in [4.78, 5) is 0. The molecule has 0 spiro atoms. The molecule has 16 heavy (non-hydrogen) atoms. The van der Waals surface area contributed by atoms with Gasteiger partial charge in [0, 0.05) is 18.1 Å². The Kier molecular flexibility index (Phi) is 2.66. The predicted octanol–water partition coefficient (Wildman–Crippen LogP) is 3.34. The van der Waals surface area contributed by atoms with Crippen molar-refractivity contribution in [1.29, 1.82) is 0 Å². The second-order valence-electron chi connectivity index (χ2n) is 4.48. The zero-order valence-corrected chi connectivity index (χ0v) is 10.0. The molecule has 0 bridgehead atoms. The zero-order chi connectivity index (χ0) is 11.1. The summed E-state index contributed by atoms with van der Waals surface area (Å²) in [5.41, 5.74) is 2.65. The van der Waals surface area contributed by atoms with Crippen LogP contribution in [0.4, 0.5) is 0 Å². The lowest BCUT2D eigenvalue weighted by Gasteiger charge is -2.13. The van der Waals surface area contributed by atoms with Crippen LogP contribution in [-0.2, 0) is 15.9 Å². The monoisotopic (exact) mass is 238 g/mol. The van der Waals surface area contributed by atoms with Crippen molar-refractivity contribution in [3.05, 3.63) is 34.3 Å². The minimum atomic E-state index is -0.0212. The van der Waals surface area contributed by atoms with E-state index in [9.17, 15) is 0 Å². The molecule has 2 nitrogen and oxygen atoms in total. The quantitative estimate of drug-likeness (QED) is 0.787. The number of hydrogen-bond acceptors (Lipinski definition) is 2. The van der Waals surface area contributed by atoms with Gasteiger partial charge in [0.2, 0.25) is 0 Å². The lowest BCUT2D eigenvalue weighted by atomic mass is 10.0. The molecule has 0 radical (unpaired) electrons. The highest BCUT2D eigenvalue weighted by Gasteiger charge is 2.42. The Bertz CT molecular complexity index is 405. The van der Waals surface area contributed by atoms with E-state index in [1.807, 2.05) is 19.1 Å². The average Bonchev–Trinajstić information content (AvgIpc) is 2.76. The molecule has 1 aliphatic heterocycles. The maximum atomic E-state index is 6.02. The van der Waals surface area contributed by atoms with Crippen LogP contribution in [-0.4, -0.2) is 12.9 Å². The van der Waals surface area contributed by atoms with Crippen molar-refractivity contribution in [1.82, 2.24) is 0 Å². The standard InChI is InChI=1S/C13H15ClO2/c1-2-15-12-6-9-5-8-3-4-10(14)7-11(8)13(9)16-12/h3-4,7,9,12-13H,2,5-6H2,1H3/t9-,12?,13+/m1/s1. The zero-order valence-electron chi connectivity index (χ0n) is 9.28. The number of benzene rings is 1. The molecule has 3 heteroatoms. The molecule has 1 aromatic carbocycles. The molecule has 0 aromatic heterocycles. The minimum Gasteiger partial charge on any atom is -0.353 e. The summed E-state index contributed by atoms with van der Waals surface area (Å²) < 4.78 is 11.5. The highest BCUT2D eigenvalue weighted by atomic mass is 35.5. The molecule has 1 aromatic rings. The van der Waals surface area contributed by atoms with Crippen LogP contribution in [0.25, 0.3) is 0 Å². The average molecular weight is 239 g/mol. The van der Waals surface area contributed by atoms with Gasteiger partial charge in [0.25, 0.3) is 0 Å². The van der Waals surface area contributed by atoms with E-state index in [1.54, 1.807) is 0 Å². The summed E-state index contributed by atoms with van der Waals surface area (Å²) >= 11 is 6.02. The van der Waals surface area contributed by atoms with E-state index in [2.05, 4.69) is 6.07 Å². The van der Waals surface area contributed by atoms with Crippen molar-refractivity contribution >= 4 is 11.6 Å². The Hall–Kier alpha value is -0.570. The molecule has 1 fully saturated rings. The van der Waals surface area contributed by atoms with E-state index < -0.39 is 0 Å². The van der Waals surface area contributed by atoms with E-state index in [0.29, 0.717) is 12.5 Å². The van der Waals surface area contributed by atoms with Crippen LogP contribution in [0.15, 0.2) is 18.2 Å². The second-order valence-corrected chi connectivity index (χ2v) is 4.92. The third kappa shape index (κ3) is 1.65. The van der Waals surface area contributed by atoms with E-state index in [-0.39, 0.29) is 12.4 Å². The van der Waals surface area contributed by atoms with Gasteiger partial charge in [-0.2, -0.15) is 0 Å². The maximum Gasteiger partial charge on any atom is 0.158 e. The highest BCUT2D eigenvalue weighted by Crippen LogP contribution is 2.47. The number of fused-ring (bicyclic) bond motifs is 3. The van der Waals surface area contributed by atoms with Crippen molar-refractivity contribution in [3.8, 4) is 0 Å². The maximum absolute atomic E-state index is 6.02. The van der Waals surface area contributed by atoms with E-state index >= 15 is 0 Å². The van der Waals surface area contributed by atoms with Crippen molar-refractivity contribution < 1.29 is 9.47 Å². The van der Waals surface area contributed by atoms with E-state index in [0.717, 1.165) is 17.9 Å².